The Labute approximate surface area is 157 Å². The molecule has 3 rings (SSSR count). The van der Waals surface area contributed by atoms with E-state index in [0.29, 0.717) is 22.7 Å². The zero-order valence-electron chi connectivity index (χ0n) is 15.2. The number of rotatable bonds is 6. The van der Waals surface area contributed by atoms with Gasteiger partial charge in [0.15, 0.2) is 0 Å². The summed E-state index contributed by atoms with van der Waals surface area (Å²) in [4.78, 5) is 12.2. The first-order valence-electron chi connectivity index (χ1n) is 8.54. The van der Waals surface area contributed by atoms with Gasteiger partial charge in [0.25, 0.3) is 0 Å². The van der Waals surface area contributed by atoms with Crippen molar-refractivity contribution >= 4 is 22.5 Å². The van der Waals surface area contributed by atoms with Crippen LogP contribution in [-0.4, -0.2) is 31.9 Å². The zero-order valence-corrected chi connectivity index (χ0v) is 15.2. The fourth-order valence-corrected chi connectivity index (χ4v) is 2.84. The smallest absolute Gasteiger partial charge is 0.319 e. The van der Waals surface area contributed by atoms with Gasteiger partial charge < -0.3 is 25.2 Å². The molecule has 0 heterocycles. The molecule has 140 valence electrons. The SMILES string of the molecule is COc1ccc(OC)c(C(O)CNC(=O)Nc2ccc3ccccc3c2)c1. The molecule has 0 aliphatic heterocycles. The monoisotopic (exact) mass is 366 g/mol. The normalized spacial score (nSPS) is 11.7. The lowest BCUT2D eigenvalue weighted by Gasteiger charge is -2.17. The van der Waals surface area contributed by atoms with Crippen LogP contribution in [0.5, 0.6) is 11.5 Å². The summed E-state index contributed by atoms with van der Waals surface area (Å²) < 4.78 is 10.4. The number of benzene rings is 3. The number of hydrogen-bond donors (Lipinski definition) is 3. The minimum Gasteiger partial charge on any atom is -0.497 e. The van der Waals surface area contributed by atoms with Crippen molar-refractivity contribution in [2.75, 3.05) is 26.1 Å². The molecule has 2 amide bonds. The van der Waals surface area contributed by atoms with E-state index in [2.05, 4.69) is 10.6 Å². The van der Waals surface area contributed by atoms with E-state index in [1.165, 1.54) is 7.11 Å². The zero-order chi connectivity index (χ0) is 19.2. The number of nitrogens with one attached hydrogen (secondary N) is 2. The van der Waals surface area contributed by atoms with Crippen LogP contribution in [0.1, 0.15) is 11.7 Å². The lowest BCUT2D eigenvalue weighted by Crippen LogP contribution is -2.32. The number of aliphatic hydroxyl groups is 1. The Morgan fingerprint density at radius 1 is 1.00 bits per heavy atom. The lowest BCUT2D eigenvalue weighted by molar-refractivity contribution is 0.170. The average Bonchev–Trinajstić information content (AvgIpc) is 2.71. The van der Waals surface area contributed by atoms with Gasteiger partial charge in [-0.1, -0.05) is 30.3 Å². The first kappa shape index (κ1) is 18.5. The molecule has 0 bridgehead atoms. The van der Waals surface area contributed by atoms with Gasteiger partial charge in [0.1, 0.15) is 17.6 Å². The number of aliphatic hydroxyl groups excluding tert-OH is 1. The maximum atomic E-state index is 12.2. The molecule has 0 saturated heterocycles. The van der Waals surface area contributed by atoms with Crippen LogP contribution in [0, 0.1) is 0 Å². The third kappa shape index (κ3) is 4.48. The van der Waals surface area contributed by atoms with E-state index in [1.807, 2.05) is 42.5 Å². The Morgan fingerprint density at radius 2 is 1.78 bits per heavy atom. The van der Waals surface area contributed by atoms with Gasteiger partial charge in [-0.2, -0.15) is 0 Å². The molecule has 0 fully saturated rings. The second-order valence-electron chi connectivity index (χ2n) is 6.02. The summed E-state index contributed by atoms with van der Waals surface area (Å²) in [5.74, 6) is 1.13. The molecule has 0 aromatic heterocycles. The van der Waals surface area contributed by atoms with Crippen LogP contribution in [0.25, 0.3) is 10.8 Å². The van der Waals surface area contributed by atoms with E-state index in [9.17, 15) is 9.90 Å². The average molecular weight is 366 g/mol. The fraction of sp³-hybridized carbons (Fsp3) is 0.190. The highest BCUT2D eigenvalue weighted by molar-refractivity contribution is 5.93. The quantitative estimate of drug-likeness (QED) is 0.621. The van der Waals surface area contributed by atoms with Crippen LogP contribution in [0.2, 0.25) is 0 Å². The topological polar surface area (TPSA) is 79.8 Å². The molecule has 6 nitrogen and oxygen atoms in total. The molecular formula is C21H22N2O4. The van der Waals surface area contributed by atoms with Crippen molar-refractivity contribution in [3.8, 4) is 11.5 Å². The third-order valence-electron chi connectivity index (χ3n) is 4.26. The number of carbonyl (C=O) groups is 1. The predicted molar refractivity (Wildman–Crippen MR) is 105 cm³/mol. The summed E-state index contributed by atoms with van der Waals surface area (Å²) in [6, 6.07) is 18.3. The van der Waals surface area contributed by atoms with Gasteiger partial charge in [-0.3, -0.25) is 0 Å². The van der Waals surface area contributed by atoms with Crippen molar-refractivity contribution in [2.24, 2.45) is 0 Å². The van der Waals surface area contributed by atoms with Crippen LogP contribution in [0.4, 0.5) is 10.5 Å². The molecule has 3 aromatic carbocycles. The van der Waals surface area contributed by atoms with Crippen LogP contribution >= 0.6 is 0 Å². The van der Waals surface area contributed by atoms with E-state index in [4.69, 9.17) is 9.47 Å². The van der Waals surface area contributed by atoms with E-state index in [1.54, 1.807) is 25.3 Å². The third-order valence-corrected chi connectivity index (χ3v) is 4.26. The summed E-state index contributed by atoms with van der Waals surface area (Å²) in [7, 11) is 3.07. The molecule has 1 unspecified atom stereocenters. The van der Waals surface area contributed by atoms with Crippen LogP contribution < -0.4 is 20.1 Å². The Morgan fingerprint density at radius 3 is 2.52 bits per heavy atom. The largest absolute Gasteiger partial charge is 0.497 e. The molecule has 3 N–H and O–H groups in total. The molecule has 1 atom stereocenters. The summed E-state index contributed by atoms with van der Waals surface area (Å²) in [5, 5.41) is 18.0. The summed E-state index contributed by atoms with van der Waals surface area (Å²) in [5.41, 5.74) is 1.22. The van der Waals surface area contributed by atoms with Gasteiger partial charge in [0.05, 0.1) is 14.2 Å². The standard InChI is InChI=1S/C21H22N2O4/c1-26-17-9-10-20(27-2)18(12-17)19(24)13-22-21(25)23-16-8-7-14-5-3-4-6-15(14)11-16/h3-12,19,24H,13H2,1-2H3,(H2,22,23,25). The van der Waals surface area contributed by atoms with Gasteiger partial charge >= 0.3 is 6.03 Å². The highest BCUT2D eigenvalue weighted by Gasteiger charge is 2.15. The number of urea groups is 1. The summed E-state index contributed by atoms with van der Waals surface area (Å²) in [6.07, 6.45) is -0.933. The Kier molecular flexibility index (Phi) is 5.78. The Hall–Kier alpha value is -3.25. The van der Waals surface area contributed by atoms with Gasteiger partial charge in [-0.05, 0) is 41.1 Å². The van der Waals surface area contributed by atoms with Crippen LogP contribution in [0.15, 0.2) is 60.7 Å². The molecule has 0 saturated carbocycles. The Bertz CT molecular complexity index is 942. The van der Waals surface area contributed by atoms with Crippen molar-refractivity contribution in [3.05, 3.63) is 66.2 Å². The first-order valence-corrected chi connectivity index (χ1v) is 8.54. The molecule has 0 aliphatic rings. The minimum atomic E-state index is -0.933. The van der Waals surface area contributed by atoms with Crippen molar-refractivity contribution < 1.29 is 19.4 Å². The summed E-state index contributed by atoms with van der Waals surface area (Å²) >= 11 is 0. The van der Waals surface area contributed by atoms with Gasteiger partial charge in [-0.25, -0.2) is 4.79 Å². The molecule has 0 spiro atoms. The number of carbonyl (C=O) groups excluding carboxylic acids is 1. The van der Waals surface area contributed by atoms with Gasteiger partial charge in [-0.15, -0.1) is 0 Å². The number of amides is 2. The molecule has 27 heavy (non-hydrogen) atoms. The van der Waals surface area contributed by atoms with E-state index < -0.39 is 12.1 Å². The van der Waals surface area contributed by atoms with Crippen LogP contribution in [-0.2, 0) is 0 Å². The number of hydrogen-bond acceptors (Lipinski definition) is 4. The first-order chi connectivity index (χ1) is 13.1. The molecule has 0 aliphatic carbocycles. The molecule has 6 heteroatoms. The number of anilines is 1. The maximum Gasteiger partial charge on any atom is 0.319 e. The molecule has 0 radical (unpaired) electrons. The second kappa shape index (κ2) is 8.42. The highest BCUT2D eigenvalue weighted by Crippen LogP contribution is 2.29. The van der Waals surface area contributed by atoms with Crippen LogP contribution in [0.3, 0.4) is 0 Å². The minimum absolute atomic E-state index is 0.0307. The predicted octanol–water partition coefficient (Wildman–Crippen LogP) is 3.71. The molecule has 3 aromatic rings. The van der Waals surface area contributed by atoms with Crippen molar-refractivity contribution in [3.63, 3.8) is 0 Å². The number of ether oxygens (including phenoxy) is 2. The van der Waals surface area contributed by atoms with Gasteiger partial charge in [0, 0.05) is 17.8 Å². The lowest BCUT2D eigenvalue weighted by atomic mass is 10.1. The fourth-order valence-electron chi connectivity index (χ4n) is 2.84. The van der Waals surface area contributed by atoms with Crippen molar-refractivity contribution in [1.29, 1.82) is 0 Å². The molecular weight excluding hydrogens is 344 g/mol. The van der Waals surface area contributed by atoms with E-state index in [0.717, 1.165) is 10.8 Å². The maximum absolute atomic E-state index is 12.2. The van der Waals surface area contributed by atoms with Crippen molar-refractivity contribution in [2.45, 2.75) is 6.10 Å². The van der Waals surface area contributed by atoms with Crippen molar-refractivity contribution in [1.82, 2.24) is 5.32 Å². The number of methoxy groups -OCH3 is 2. The second-order valence-corrected chi connectivity index (χ2v) is 6.02. The van der Waals surface area contributed by atoms with E-state index in [-0.39, 0.29) is 6.54 Å². The number of fused-ring (bicyclic) bond motifs is 1. The summed E-state index contributed by atoms with van der Waals surface area (Å²) in [6.45, 7) is 0.0307. The van der Waals surface area contributed by atoms with Gasteiger partial charge in [0.2, 0.25) is 0 Å². The Balaban J connectivity index is 1.62. The van der Waals surface area contributed by atoms with E-state index >= 15 is 0 Å². The highest BCUT2D eigenvalue weighted by atomic mass is 16.5.